The van der Waals surface area contributed by atoms with E-state index in [0.717, 1.165) is 36.1 Å². The van der Waals surface area contributed by atoms with E-state index >= 15 is 0 Å². The Morgan fingerprint density at radius 2 is 2.25 bits per heavy atom. The maximum Gasteiger partial charge on any atom is 0.272 e. The Labute approximate surface area is 121 Å². The Morgan fingerprint density at radius 1 is 1.55 bits per heavy atom. The van der Waals surface area contributed by atoms with E-state index in [1.165, 1.54) is 0 Å². The van der Waals surface area contributed by atoms with Crippen LogP contribution in [0.4, 0.5) is 10.1 Å². The molecule has 0 aliphatic heterocycles. The maximum absolute atomic E-state index is 13.6. The summed E-state index contributed by atoms with van der Waals surface area (Å²) in [5, 5.41) is 13.2. The van der Waals surface area contributed by atoms with Crippen LogP contribution in [-0.2, 0) is 0 Å². The van der Waals surface area contributed by atoms with Gasteiger partial charge in [0.05, 0.1) is 16.6 Å². The van der Waals surface area contributed by atoms with Crippen LogP contribution in [0.5, 0.6) is 0 Å². The zero-order valence-corrected chi connectivity index (χ0v) is 12.2. The van der Waals surface area contributed by atoms with Gasteiger partial charge < -0.3 is 5.32 Å². The Bertz CT molecular complexity index is 497. The topological polar surface area (TPSA) is 72.2 Å². The molecule has 1 atom stereocenters. The molecule has 0 fully saturated rings. The predicted molar refractivity (Wildman–Crippen MR) is 77.6 cm³/mol. The fraction of sp³-hybridized carbons (Fsp3) is 0.462. The van der Waals surface area contributed by atoms with Crippen LogP contribution in [-0.4, -0.2) is 28.4 Å². The molecule has 1 N–H and O–H groups in total. The first kappa shape index (κ1) is 16.4. The molecule has 5 nitrogen and oxygen atoms in total. The van der Waals surface area contributed by atoms with Gasteiger partial charge in [0, 0.05) is 12.1 Å². The third-order valence-corrected chi connectivity index (χ3v) is 3.62. The maximum atomic E-state index is 13.6. The quantitative estimate of drug-likeness (QED) is 0.477. The summed E-state index contributed by atoms with van der Waals surface area (Å²) in [5.41, 5.74) is -0.544. The molecule has 0 aliphatic carbocycles. The molecule has 0 bridgehead atoms. The Hall–Kier alpha value is -1.63. The standard InChI is InChI=1S/C13H17FN2O3S/c1-3-20-7-6-9(2)15-13(17)11-5-4-10(16(18)19)8-12(11)14/h4-5,8-9H,3,6-7H2,1-2H3,(H,15,17)/t9-/m0/s1. The molecule has 0 spiro atoms. The number of nitrogens with one attached hydrogen (secondary N) is 1. The number of benzene rings is 1. The molecule has 1 amide bonds. The van der Waals surface area contributed by atoms with E-state index in [9.17, 15) is 19.3 Å². The number of non-ortho nitro benzene ring substituents is 1. The second-order valence-electron chi connectivity index (χ2n) is 4.28. The van der Waals surface area contributed by atoms with Crippen molar-refractivity contribution in [2.75, 3.05) is 11.5 Å². The minimum absolute atomic E-state index is 0.0730. The number of nitrogens with zero attached hydrogens (tertiary/aromatic N) is 1. The van der Waals surface area contributed by atoms with Gasteiger partial charge >= 0.3 is 0 Å². The lowest BCUT2D eigenvalue weighted by Crippen LogP contribution is -2.33. The van der Waals surface area contributed by atoms with Gasteiger partial charge in [-0.3, -0.25) is 14.9 Å². The van der Waals surface area contributed by atoms with Gasteiger partial charge in [0.1, 0.15) is 5.82 Å². The van der Waals surface area contributed by atoms with Crippen LogP contribution in [0.2, 0.25) is 0 Å². The summed E-state index contributed by atoms with van der Waals surface area (Å²) in [6.07, 6.45) is 0.791. The van der Waals surface area contributed by atoms with Gasteiger partial charge in [-0.15, -0.1) is 0 Å². The number of amides is 1. The van der Waals surface area contributed by atoms with Crippen molar-refractivity contribution < 1.29 is 14.1 Å². The van der Waals surface area contributed by atoms with Crippen LogP contribution >= 0.6 is 11.8 Å². The average Bonchev–Trinajstić information content (AvgIpc) is 2.38. The lowest BCUT2D eigenvalue weighted by molar-refractivity contribution is -0.385. The van der Waals surface area contributed by atoms with Crippen LogP contribution < -0.4 is 5.32 Å². The minimum Gasteiger partial charge on any atom is -0.349 e. The van der Waals surface area contributed by atoms with Gasteiger partial charge in [-0.05, 0) is 30.9 Å². The average molecular weight is 300 g/mol. The fourth-order valence-corrected chi connectivity index (χ4v) is 2.39. The summed E-state index contributed by atoms with van der Waals surface area (Å²) >= 11 is 1.77. The lowest BCUT2D eigenvalue weighted by atomic mass is 10.1. The van der Waals surface area contributed by atoms with Gasteiger partial charge in [-0.1, -0.05) is 6.92 Å². The molecule has 7 heteroatoms. The minimum atomic E-state index is -0.883. The number of carbonyl (C=O) groups is 1. The molecule has 1 rings (SSSR count). The number of halogens is 1. The molecule has 1 aromatic carbocycles. The van der Waals surface area contributed by atoms with Crippen LogP contribution in [0.15, 0.2) is 18.2 Å². The fourth-order valence-electron chi connectivity index (χ4n) is 1.58. The molecule has 110 valence electrons. The van der Waals surface area contributed by atoms with Gasteiger partial charge in [-0.2, -0.15) is 11.8 Å². The monoisotopic (exact) mass is 300 g/mol. The molecule has 1 aromatic rings. The highest BCUT2D eigenvalue weighted by Crippen LogP contribution is 2.16. The number of hydrogen-bond donors (Lipinski definition) is 1. The van der Waals surface area contributed by atoms with E-state index in [1.807, 2.05) is 6.92 Å². The first-order valence-electron chi connectivity index (χ1n) is 6.28. The normalized spacial score (nSPS) is 11.9. The zero-order valence-electron chi connectivity index (χ0n) is 11.4. The summed E-state index contributed by atoms with van der Waals surface area (Å²) in [7, 11) is 0. The van der Waals surface area contributed by atoms with Gasteiger partial charge in [0.25, 0.3) is 11.6 Å². The molecule has 0 aromatic heterocycles. The second-order valence-corrected chi connectivity index (χ2v) is 5.68. The predicted octanol–water partition coefficient (Wildman–Crippen LogP) is 3.00. The summed E-state index contributed by atoms with van der Waals surface area (Å²) in [6, 6.07) is 2.94. The number of carbonyl (C=O) groups excluding carboxylic acids is 1. The molecular weight excluding hydrogens is 283 g/mol. The molecule has 0 saturated heterocycles. The molecular formula is C13H17FN2O3S. The Balaban J connectivity index is 2.65. The molecule has 0 saturated carbocycles. The van der Waals surface area contributed by atoms with Gasteiger partial charge in [-0.25, -0.2) is 4.39 Å². The zero-order chi connectivity index (χ0) is 15.1. The number of nitro groups is 1. The SMILES string of the molecule is CCSCC[C@H](C)NC(=O)c1ccc([N+](=O)[O-])cc1F. The van der Waals surface area contributed by atoms with Crippen LogP contribution in [0.3, 0.4) is 0 Å². The van der Waals surface area contributed by atoms with Crippen LogP contribution in [0, 0.1) is 15.9 Å². The Morgan fingerprint density at radius 3 is 2.80 bits per heavy atom. The molecule has 0 radical (unpaired) electrons. The van der Waals surface area contributed by atoms with Crippen molar-refractivity contribution >= 4 is 23.4 Å². The van der Waals surface area contributed by atoms with Crippen molar-refractivity contribution in [1.29, 1.82) is 0 Å². The number of rotatable bonds is 7. The van der Waals surface area contributed by atoms with Crippen LogP contribution in [0.1, 0.15) is 30.6 Å². The van der Waals surface area contributed by atoms with Gasteiger partial charge in [0.2, 0.25) is 0 Å². The van der Waals surface area contributed by atoms with E-state index in [4.69, 9.17) is 0 Å². The second kappa shape index (κ2) is 7.84. The molecule has 0 unspecified atom stereocenters. The number of nitro benzene ring substituents is 1. The third-order valence-electron chi connectivity index (χ3n) is 2.68. The first-order chi connectivity index (χ1) is 9.45. The largest absolute Gasteiger partial charge is 0.349 e. The van der Waals surface area contributed by atoms with Crippen molar-refractivity contribution in [1.82, 2.24) is 5.32 Å². The smallest absolute Gasteiger partial charge is 0.272 e. The molecule has 20 heavy (non-hydrogen) atoms. The summed E-state index contributed by atoms with van der Waals surface area (Å²) < 4.78 is 13.6. The molecule has 0 heterocycles. The highest BCUT2D eigenvalue weighted by Gasteiger charge is 2.17. The van der Waals surface area contributed by atoms with Gasteiger partial charge in [0.15, 0.2) is 0 Å². The van der Waals surface area contributed by atoms with E-state index in [2.05, 4.69) is 12.2 Å². The first-order valence-corrected chi connectivity index (χ1v) is 7.43. The number of thioether (sulfide) groups is 1. The molecule has 0 aliphatic rings. The van der Waals surface area contributed by atoms with E-state index in [-0.39, 0.29) is 17.3 Å². The van der Waals surface area contributed by atoms with Crippen molar-refractivity contribution in [3.05, 3.63) is 39.7 Å². The summed E-state index contributed by atoms with van der Waals surface area (Å²) in [4.78, 5) is 21.7. The Kier molecular flexibility index (Phi) is 6.44. The van der Waals surface area contributed by atoms with E-state index < -0.39 is 16.6 Å². The lowest BCUT2D eigenvalue weighted by Gasteiger charge is -2.13. The summed E-state index contributed by atoms with van der Waals surface area (Å²) in [5.74, 6) is 0.497. The van der Waals surface area contributed by atoms with Crippen molar-refractivity contribution in [3.63, 3.8) is 0 Å². The third kappa shape index (κ3) is 4.80. The van der Waals surface area contributed by atoms with Crippen molar-refractivity contribution in [3.8, 4) is 0 Å². The van der Waals surface area contributed by atoms with E-state index in [1.54, 1.807) is 11.8 Å². The van der Waals surface area contributed by atoms with E-state index in [0.29, 0.717) is 0 Å². The van der Waals surface area contributed by atoms with Crippen molar-refractivity contribution in [2.45, 2.75) is 26.3 Å². The number of hydrogen-bond acceptors (Lipinski definition) is 4. The highest BCUT2D eigenvalue weighted by atomic mass is 32.2. The van der Waals surface area contributed by atoms with Crippen molar-refractivity contribution in [2.24, 2.45) is 0 Å². The van der Waals surface area contributed by atoms with Crippen LogP contribution in [0.25, 0.3) is 0 Å². The summed E-state index contributed by atoms with van der Waals surface area (Å²) in [6.45, 7) is 3.90. The highest BCUT2D eigenvalue weighted by molar-refractivity contribution is 7.99.